The zero-order valence-corrected chi connectivity index (χ0v) is 12.0. The number of aromatic amines is 1. The van der Waals surface area contributed by atoms with Crippen LogP contribution in [-0.4, -0.2) is 10.8 Å². The Morgan fingerprint density at radius 3 is 2.43 bits per heavy atom. The van der Waals surface area contributed by atoms with Gasteiger partial charge in [-0.3, -0.25) is 4.79 Å². The second kappa shape index (κ2) is 5.04. The quantitative estimate of drug-likeness (QED) is 0.530. The summed E-state index contributed by atoms with van der Waals surface area (Å²) in [7, 11) is 0. The number of rotatable bonds is 2. The smallest absolute Gasteiger partial charge is 0.195 e. The van der Waals surface area contributed by atoms with E-state index in [1.807, 2.05) is 0 Å². The van der Waals surface area contributed by atoms with Crippen LogP contribution >= 0.6 is 15.9 Å². The van der Waals surface area contributed by atoms with Crippen LogP contribution < -0.4 is 0 Å². The lowest BCUT2D eigenvalue weighted by molar-refractivity contribution is 0.103. The fourth-order valence-electron chi connectivity index (χ4n) is 2.16. The van der Waals surface area contributed by atoms with Crippen LogP contribution in [0.15, 0.2) is 41.0 Å². The molecule has 0 amide bonds. The van der Waals surface area contributed by atoms with Crippen molar-refractivity contribution in [3.63, 3.8) is 0 Å². The summed E-state index contributed by atoms with van der Waals surface area (Å²) in [6, 6.07) is 6.68. The normalized spacial score (nSPS) is 11.0. The maximum Gasteiger partial charge on any atom is 0.195 e. The third-order valence-corrected chi connectivity index (χ3v) is 3.81. The molecule has 1 aromatic heterocycles. The Kier molecular flexibility index (Phi) is 3.33. The van der Waals surface area contributed by atoms with Crippen LogP contribution in [0.2, 0.25) is 0 Å². The molecule has 0 aliphatic rings. The Balaban J connectivity index is 2.17. The molecule has 0 bridgehead atoms. The van der Waals surface area contributed by atoms with Gasteiger partial charge in [-0.25, -0.2) is 13.2 Å². The molecule has 1 heterocycles. The summed E-state index contributed by atoms with van der Waals surface area (Å²) in [6.07, 6.45) is 1.46. The maximum absolute atomic E-state index is 13.3. The number of fused-ring (bicyclic) bond motifs is 1. The lowest BCUT2D eigenvalue weighted by Crippen LogP contribution is -2.04. The van der Waals surface area contributed by atoms with Gasteiger partial charge in [-0.15, -0.1) is 0 Å². The first-order chi connectivity index (χ1) is 9.99. The summed E-state index contributed by atoms with van der Waals surface area (Å²) in [4.78, 5) is 15.3. The van der Waals surface area contributed by atoms with Crippen LogP contribution in [0.5, 0.6) is 0 Å². The van der Waals surface area contributed by atoms with Crippen LogP contribution in [0, 0.1) is 17.5 Å². The molecule has 0 radical (unpaired) electrons. The molecule has 0 fully saturated rings. The number of benzene rings is 2. The Hall–Kier alpha value is -2.08. The highest BCUT2D eigenvalue weighted by Crippen LogP contribution is 2.29. The second-order valence-electron chi connectivity index (χ2n) is 4.45. The third-order valence-electron chi connectivity index (χ3n) is 3.15. The first-order valence-electron chi connectivity index (χ1n) is 5.94. The lowest BCUT2D eigenvalue weighted by atomic mass is 10.0. The number of nitrogens with one attached hydrogen (secondary N) is 1. The predicted octanol–water partition coefficient (Wildman–Crippen LogP) is 4.58. The molecule has 1 N–H and O–H groups in total. The van der Waals surface area contributed by atoms with Gasteiger partial charge in [0, 0.05) is 32.7 Å². The summed E-state index contributed by atoms with van der Waals surface area (Å²) < 4.78 is 40.1. The van der Waals surface area contributed by atoms with Gasteiger partial charge in [0.05, 0.1) is 0 Å². The molecule has 6 heteroatoms. The van der Waals surface area contributed by atoms with Crippen molar-refractivity contribution in [1.29, 1.82) is 0 Å². The largest absolute Gasteiger partial charge is 0.360 e. The van der Waals surface area contributed by atoms with Crippen molar-refractivity contribution >= 4 is 32.6 Å². The number of carbonyl (C=O) groups is 1. The molecule has 0 atom stereocenters. The topological polar surface area (TPSA) is 32.9 Å². The van der Waals surface area contributed by atoms with Crippen molar-refractivity contribution in [2.24, 2.45) is 0 Å². The molecular formula is C15H7BrF3NO. The van der Waals surface area contributed by atoms with Gasteiger partial charge in [-0.05, 0) is 24.3 Å². The Bertz CT molecular complexity index is 849. The predicted molar refractivity (Wildman–Crippen MR) is 75.7 cm³/mol. The highest BCUT2D eigenvalue weighted by atomic mass is 79.9. The van der Waals surface area contributed by atoms with Crippen LogP contribution in [0.25, 0.3) is 10.9 Å². The van der Waals surface area contributed by atoms with E-state index >= 15 is 0 Å². The van der Waals surface area contributed by atoms with E-state index in [9.17, 15) is 18.0 Å². The molecule has 0 unspecified atom stereocenters. The van der Waals surface area contributed by atoms with Gasteiger partial charge >= 0.3 is 0 Å². The standard InChI is InChI=1S/C15H7BrF3NO/c16-9-2-1-3-12-13(9)8(6-20-12)15(21)7-4-10(17)14(19)11(18)5-7/h1-6,20H. The lowest BCUT2D eigenvalue weighted by Gasteiger charge is -2.03. The average Bonchev–Trinajstić information content (AvgIpc) is 2.89. The first-order valence-corrected chi connectivity index (χ1v) is 6.73. The fraction of sp³-hybridized carbons (Fsp3) is 0. The molecule has 2 nitrogen and oxygen atoms in total. The van der Waals surface area contributed by atoms with E-state index in [0.717, 1.165) is 0 Å². The van der Waals surface area contributed by atoms with E-state index in [1.165, 1.54) is 6.20 Å². The highest BCUT2D eigenvalue weighted by Gasteiger charge is 2.19. The number of H-pyrrole nitrogens is 1. The number of ketones is 1. The minimum Gasteiger partial charge on any atom is -0.360 e. The summed E-state index contributed by atoms with van der Waals surface area (Å²) in [5.41, 5.74) is 0.710. The van der Waals surface area contributed by atoms with E-state index in [0.29, 0.717) is 27.5 Å². The van der Waals surface area contributed by atoms with Crippen molar-refractivity contribution in [3.05, 3.63) is 69.6 Å². The van der Waals surface area contributed by atoms with E-state index in [4.69, 9.17) is 0 Å². The van der Waals surface area contributed by atoms with Gasteiger partial charge in [0.1, 0.15) is 0 Å². The molecule has 106 valence electrons. The van der Waals surface area contributed by atoms with Gasteiger partial charge in [-0.1, -0.05) is 22.0 Å². The number of carbonyl (C=O) groups excluding carboxylic acids is 1. The van der Waals surface area contributed by atoms with Crippen molar-refractivity contribution in [1.82, 2.24) is 4.98 Å². The fourth-order valence-corrected chi connectivity index (χ4v) is 2.74. The number of aromatic nitrogens is 1. The molecule has 0 spiro atoms. The molecule has 0 saturated heterocycles. The summed E-state index contributed by atoms with van der Waals surface area (Å²) in [5.74, 6) is -4.97. The molecule has 0 saturated carbocycles. The molecule has 3 aromatic rings. The van der Waals surface area contributed by atoms with Crippen molar-refractivity contribution < 1.29 is 18.0 Å². The molecule has 2 aromatic carbocycles. The second-order valence-corrected chi connectivity index (χ2v) is 5.30. The number of hydrogen-bond donors (Lipinski definition) is 1. The highest BCUT2D eigenvalue weighted by molar-refractivity contribution is 9.10. The number of hydrogen-bond acceptors (Lipinski definition) is 1. The van der Waals surface area contributed by atoms with Gasteiger partial charge in [0.2, 0.25) is 0 Å². The average molecular weight is 354 g/mol. The van der Waals surface area contributed by atoms with E-state index < -0.39 is 23.2 Å². The zero-order valence-electron chi connectivity index (χ0n) is 10.4. The summed E-state index contributed by atoms with van der Waals surface area (Å²) >= 11 is 3.33. The van der Waals surface area contributed by atoms with Gasteiger partial charge in [0.15, 0.2) is 23.2 Å². The monoisotopic (exact) mass is 353 g/mol. The third kappa shape index (κ3) is 2.25. The van der Waals surface area contributed by atoms with Crippen molar-refractivity contribution in [2.45, 2.75) is 0 Å². The van der Waals surface area contributed by atoms with Crippen LogP contribution in [0.3, 0.4) is 0 Å². The van der Waals surface area contributed by atoms with Crippen LogP contribution in [-0.2, 0) is 0 Å². The minimum atomic E-state index is -1.59. The molecule has 21 heavy (non-hydrogen) atoms. The van der Waals surface area contributed by atoms with Gasteiger partial charge < -0.3 is 4.98 Å². The summed E-state index contributed by atoms with van der Waals surface area (Å²) in [5, 5.41) is 0.604. The van der Waals surface area contributed by atoms with Crippen molar-refractivity contribution in [3.8, 4) is 0 Å². The van der Waals surface area contributed by atoms with Gasteiger partial charge in [0.25, 0.3) is 0 Å². The van der Waals surface area contributed by atoms with E-state index in [2.05, 4.69) is 20.9 Å². The molecule has 0 aliphatic heterocycles. The van der Waals surface area contributed by atoms with Crippen LogP contribution in [0.4, 0.5) is 13.2 Å². The molecule has 0 aliphatic carbocycles. The molecule has 3 rings (SSSR count). The SMILES string of the molecule is O=C(c1cc(F)c(F)c(F)c1)c1c[nH]c2cccc(Br)c12. The Morgan fingerprint density at radius 2 is 1.76 bits per heavy atom. The van der Waals surface area contributed by atoms with E-state index in [1.54, 1.807) is 18.2 Å². The Labute approximate surface area is 125 Å². The van der Waals surface area contributed by atoms with Crippen molar-refractivity contribution in [2.75, 3.05) is 0 Å². The Morgan fingerprint density at radius 1 is 1.10 bits per heavy atom. The number of halogens is 4. The summed E-state index contributed by atoms with van der Waals surface area (Å²) in [6.45, 7) is 0. The zero-order chi connectivity index (χ0) is 15.1. The minimum absolute atomic E-state index is 0.247. The first kappa shape index (κ1) is 13.9. The van der Waals surface area contributed by atoms with E-state index in [-0.39, 0.29) is 11.1 Å². The maximum atomic E-state index is 13.3. The van der Waals surface area contributed by atoms with Gasteiger partial charge in [-0.2, -0.15) is 0 Å². The molecular weight excluding hydrogens is 347 g/mol. The van der Waals surface area contributed by atoms with Crippen LogP contribution in [0.1, 0.15) is 15.9 Å².